The fourth-order valence-corrected chi connectivity index (χ4v) is 4.77. The Bertz CT molecular complexity index is 1310. The van der Waals surface area contributed by atoms with Gasteiger partial charge in [-0.3, -0.25) is 14.2 Å². The van der Waals surface area contributed by atoms with Crippen LogP contribution in [0.15, 0.2) is 59.4 Å². The lowest BCUT2D eigenvalue weighted by Crippen LogP contribution is -2.35. The molecule has 0 aliphatic carbocycles. The predicted octanol–water partition coefficient (Wildman–Crippen LogP) is 2.68. The van der Waals surface area contributed by atoms with E-state index < -0.39 is 0 Å². The third-order valence-corrected chi connectivity index (χ3v) is 6.24. The Hall–Kier alpha value is -3.14. The van der Waals surface area contributed by atoms with Crippen molar-refractivity contribution in [3.63, 3.8) is 0 Å². The molecule has 1 fully saturated rings. The zero-order valence-corrected chi connectivity index (χ0v) is 17.6. The van der Waals surface area contributed by atoms with Crippen molar-refractivity contribution < 1.29 is 4.79 Å². The normalized spacial score (nSPS) is 15.2. The number of para-hydroxylation sites is 1. The molecule has 7 heteroatoms. The van der Waals surface area contributed by atoms with Crippen molar-refractivity contribution in [2.24, 2.45) is 0 Å². The topological polar surface area (TPSA) is 66.1 Å². The van der Waals surface area contributed by atoms with Crippen molar-refractivity contribution in [3.05, 3.63) is 84.7 Å². The van der Waals surface area contributed by atoms with Crippen molar-refractivity contribution in [3.8, 4) is 11.8 Å². The van der Waals surface area contributed by atoms with Crippen LogP contribution in [0.3, 0.4) is 0 Å². The van der Waals surface area contributed by atoms with Gasteiger partial charge in [0.25, 0.3) is 11.5 Å². The molecule has 1 aliphatic heterocycles. The minimum absolute atomic E-state index is 0.00593. The average molecular weight is 436 g/mol. The molecule has 0 saturated carbocycles. The van der Waals surface area contributed by atoms with Crippen LogP contribution in [0.5, 0.6) is 0 Å². The number of hydrogen-bond acceptors (Lipinski definition) is 4. The molecule has 1 saturated heterocycles. The van der Waals surface area contributed by atoms with Crippen molar-refractivity contribution in [2.45, 2.75) is 12.8 Å². The van der Waals surface area contributed by atoms with Crippen LogP contribution in [0.4, 0.5) is 0 Å². The molecule has 1 aromatic heterocycles. The number of carbonyl (C=O) groups excluding carboxylic acids is 1. The summed E-state index contributed by atoms with van der Waals surface area (Å²) < 4.78 is 2.23. The van der Waals surface area contributed by atoms with Crippen molar-refractivity contribution in [1.29, 1.82) is 5.26 Å². The highest BCUT2D eigenvalue weighted by Gasteiger charge is 2.24. The Morgan fingerprint density at radius 3 is 2.50 bits per heavy atom. The van der Waals surface area contributed by atoms with Gasteiger partial charge in [0.2, 0.25) is 0 Å². The van der Waals surface area contributed by atoms with E-state index in [1.54, 1.807) is 35.2 Å². The summed E-state index contributed by atoms with van der Waals surface area (Å²) in [4.78, 5) is 28.0. The van der Waals surface area contributed by atoms with Crippen LogP contribution in [-0.4, -0.2) is 28.5 Å². The monoisotopic (exact) mass is 435 g/mol. The molecule has 0 radical (unpaired) electrons. The number of rotatable bonds is 3. The maximum absolute atomic E-state index is 13.3. The van der Waals surface area contributed by atoms with Crippen LogP contribution < -0.4 is 14.8 Å². The van der Waals surface area contributed by atoms with Crippen LogP contribution in [0, 0.1) is 11.3 Å². The zero-order chi connectivity index (χ0) is 21.1. The molecule has 0 atom stereocenters. The summed E-state index contributed by atoms with van der Waals surface area (Å²) in [6.45, 7) is 1.26. The minimum Gasteiger partial charge on any atom is -0.338 e. The lowest BCUT2D eigenvalue weighted by atomic mass is 10.2. The highest BCUT2D eigenvalue weighted by atomic mass is 35.5. The number of nitriles is 1. The van der Waals surface area contributed by atoms with E-state index in [0.717, 1.165) is 29.7 Å². The van der Waals surface area contributed by atoms with Gasteiger partial charge in [-0.2, -0.15) is 5.26 Å². The van der Waals surface area contributed by atoms with Gasteiger partial charge in [0.1, 0.15) is 10.7 Å². The number of thiazole rings is 1. The Balaban J connectivity index is 2.01. The molecule has 30 heavy (non-hydrogen) atoms. The van der Waals surface area contributed by atoms with Gasteiger partial charge in [-0.25, -0.2) is 0 Å². The number of benzene rings is 2. The number of halogens is 1. The second-order valence-corrected chi connectivity index (χ2v) is 8.40. The van der Waals surface area contributed by atoms with Gasteiger partial charge >= 0.3 is 0 Å². The molecule has 2 heterocycles. The van der Waals surface area contributed by atoms with Crippen LogP contribution in [0.1, 0.15) is 18.4 Å². The maximum atomic E-state index is 13.3. The molecule has 5 nitrogen and oxygen atoms in total. The van der Waals surface area contributed by atoms with Crippen molar-refractivity contribution in [2.75, 3.05) is 13.1 Å². The lowest BCUT2D eigenvalue weighted by molar-refractivity contribution is -0.123. The molecule has 150 valence electrons. The predicted molar refractivity (Wildman–Crippen MR) is 119 cm³/mol. The van der Waals surface area contributed by atoms with E-state index >= 15 is 0 Å². The van der Waals surface area contributed by atoms with Crippen molar-refractivity contribution >= 4 is 40.5 Å². The number of carbonyl (C=O) groups is 1. The molecule has 3 aromatic rings. The first-order valence-corrected chi connectivity index (χ1v) is 10.8. The van der Waals surface area contributed by atoms with Gasteiger partial charge in [0.05, 0.1) is 10.2 Å². The Kier molecular flexibility index (Phi) is 5.84. The third-order valence-electron chi connectivity index (χ3n) is 4.92. The SMILES string of the molecule is N#C/C(C(=O)N1CCCC1)=c1/s/c(=C\c2cccc(Cl)c2)c(=O)n1-c1ccccc1. The number of amides is 1. The second kappa shape index (κ2) is 8.70. The number of nitrogens with zero attached hydrogens (tertiary/aromatic N) is 3. The summed E-state index contributed by atoms with van der Waals surface area (Å²) in [6, 6.07) is 18.3. The van der Waals surface area contributed by atoms with Gasteiger partial charge in [-0.15, -0.1) is 11.3 Å². The molecule has 2 aromatic carbocycles. The summed E-state index contributed by atoms with van der Waals surface area (Å²) in [5.41, 5.74) is 1.11. The van der Waals surface area contributed by atoms with E-state index in [0.29, 0.717) is 33.0 Å². The van der Waals surface area contributed by atoms with E-state index in [-0.39, 0.29) is 17.0 Å². The second-order valence-electron chi connectivity index (χ2n) is 6.93. The summed E-state index contributed by atoms with van der Waals surface area (Å²) in [6.07, 6.45) is 3.58. The fourth-order valence-electron chi connectivity index (χ4n) is 3.47. The van der Waals surface area contributed by atoms with Gasteiger partial charge < -0.3 is 4.90 Å². The standard InChI is InChI=1S/C23H18ClN3O2S/c24-17-8-6-7-16(13-17)14-20-22(29)27(18-9-2-1-3-10-18)23(30-20)19(15-25)21(28)26-11-4-5-12-26/h1-3,6-10,13-14H,4-5,11-12H2/b20-14-,23-19-. The number of aromatic nitrogens is 1. The molecule has 1 aliphatic rings. The highest BCUT2D eigenvalue weighted by molar-refractivity contribution is 7.07. The molecule has 0 unspecified atom stereocenters. The van der Waals surface area contributed by atoms with E-state index in [4.69, 9.17) is 11.6 Å². The zero-order valence-electron chi connectivity index (χ0n) is 16.0. The smallest absolute Gasteiger partial charge is 0.273 e. The largest absolute Gasteiger partial charge is 0.338 e. The lowest BCUT2D eigenvalue weighted by Gasteiger charge is -2.14. The van der Waals surface area contributed by atoms with Crippen LogP contribution in [0.2, 0.25) is 5.02 Å². The minimum atomic E-state index is -0.324. The van der Waals surface area contributed by atoms with Crippen LogP contribution in [0.25, 0.3) is 17.3 Å². The van der Waals surface area contributed by atoms with Crippen LogP contribution in [-0.2, 0) is 4.79 Å². The summed E-state index contributed by atoms with van der Waals surface area (Å²) in [5, 5.41) is 10.4. The van der Waals surface area contributed by atoms with E-state index in [1.165, 1.54) is 4.57 Å². The first-order valence-electron chi connectivity index (χ1n) is 9.57. The Morgan fingerprint density at radius 2 is 1.83 bits per heavy atom. The molecule has 0 N–H and O–H groups in total. The number of likely N-dealkylation sites (tertiary alicyclic amines) is 1. The maximum Gasteiger partial charge on any atom is 0.273 e. The molecule has 4 rings (SSSR count). The molecule has 0 spiro atoms. The molecular weight excluding hydrogens is 418 g/mol. The summed E-state index contributed by atoms with van der Waals surface area (Å²) in [5.74, 6) is -0.324. The third kappa shape index (κ3) is 3.95. The summed E-state index contributed by atoms with van der Waals surface area (Å²) >= 11 is 7.22. The molecule has 1 amide bonds. The first-order chi connectivity index (χ1) is 14.6. The van der Waals surface area contributed by atoms with E-state index in [9.17, 15) is 14.9 Å². The Labute approximate surface area is 182 Å². The van der Waals surface area contributed by atoms with Crippen LogP contribution >= 0.6 is 22.9 Å². The first kappa shape index (κ1) is 20.1. The van der Waals surface area contributed by atoms with Gasteiger partial charge in [-0.05, 0) is 48.7 Å². The quantitative estimate of drug-likeness (QED) is 0.635. The van der Waals surface area contributed by atoms with E-state index in [1.807, 2.05) is 30.3 Å². The molecular formula is C23H18ClN3O2S. The van der Waals surface area contributed by atoms with Gasteiger partial charge in [0.15, 0.2) is 5.57 Å². The highest BCUT2D eigenvalue weighted by Crippen LogP contribution is 2.13. The fraction of sp³-hybridized carbons (Fsp3) is 0.174. The van der Waals surface area contributed by atoms with Crippen molar-refractivity contribution in [1.82, 2.24) is 9.47 Å². The summed E-state index contributed by atoms with van der Waals surface area (Å²) in [7, 11) is 0. The van der Waals surface area contributed by atoms with Gasteiger partial charge in [0, 0.05) is 18.1 Å². The van der Waals surface area contributed by atoms with Gasteiger partial charge in [-0.1, -0.05) is 41.9 Å². The van der Waals surface area contributed by atoms with E-state index in [2.05, 4.69) is 6.07 Å². The molecule has 0 bridgehead atoms. The Morgan fingerprint density at radius 1 is 1.10 bits per heavy atom. The number of hydrogen-bond donors (Lipinski definition) is 0. The average Bonchev–Trinajstić information content (AvgIpc) is 3.39.